The number of hydrogen-bond donors (Lipinski definition) is 2. The van der Waals surface area contributed by atoms with Crippen LogP contribution in [0, 0.1) is 0 Å². The van der Waals surface area contributed by atoms with E-state index in [0.29, 0.717) is 47.4 Å². The minimum Gasteiger partial charge on any atom is -0.456 e. The highest BCUT2D eigenvalue weighted by molar-refractivity contribution is 7.09. The van der Waals surface area contributed by atoms with Crippen molar-refractivity contribution >= 4 is 52.1 Å². The highest BCUT2D eigenvalue weighted by Crippen LogP contribution is 2.32. The second-order valence-electron chi connectivity index (χ2n) is 7.91. The quantitative estimate of drug-likeness (QED) is 0.369. The van der Waals surface area contributed by atoms with Crippen molar-refractivity contribution in [1.82, 2.24) is 10.3 Å². The smallest absolute Gasteiger partial charge is 0.407 e. The molecule has 0 saturated carbocycles. The molecular formula is C21H24ClN3O4S. The first-order chi connectivity index (χ1) is 14.2. The number of ether oxygens (including phenoxy) is 1. The van der Waals surface area contributed by atoms with Gasteiger partial charge in [-0.2, -0.15) is 0 Å². The van der Waals surface area contributed by atoms with Gasteiger partial charge in [0.15, 0.2) is 11.9 Å². The van der Waals surface area contributed by atoms with Crippen LogP contribution in [0.2, 0.25) is 5.15 Å². The van der Waals surface area contributed by atoms with E-state index < -0.39 is 11.7 Å². The molecule has 160 valence electrons. The SMILES string of the molecule is C[C@@H](Cc1oc2c(NCc3cccs3)cc(Cl)nc2c1C=O)NC(=O)OC(C)(C)C. The second kappa shape index (κ2) is 9.06. The van der Waals surface area contributed by atoms with Crippen molar-refractivity contribution in [2.24, 2.45) is 0 Å². The summed E-state index contributed by atoms with van der Waals surface area (Å²) < 4.78 is 11.3. The number of aldehydes is 1. The van der Waals surface area contributed by atoms with Gasteiger partial charge in [0.05, 0.1) is 11.3 Å². The van der Waals surface area contributed by atoms with Crippen LogP contribution in [0.3, 0.4) is 0 Å². The molecule has 0 spiro atoms. The summed E-state index contributed by atoms with van der Waals surface area (Å²) in [6, 6.07) is 5.34. The summed E-state index contributed by atoms with van der Waals surface area (Å²) in [7, 11) is 0. The van der Waals surface area contributed by atoms with E-state index in [9.17, 15) is 9.59 Å². The maximum Gasteiger partial charge on any atom is 0.407 e. The molecule has 1 amide bonds. The van der Waals surface area contributed by atoms with E-state index in [4.69, 9.17) is 20.8 Å². The number of carbonyl (C=O) groups excluding carboxylic acids is 2. The molecule has 0 unspecified atom stereocenters. The summed E-state index contributed by atoms with van der Waals surface area (Å²) in [4.78, 5) is 29.2. The number of furan rings is 1. The monoisotopic (exact) mass is 449 g/mol. The molecule has 0 aliphatic heterocycles. The van der Waals surface area contributed by atoms with Gasteiger partial charge in [-0.25, -0.2) is 9.78 Å². The molecule has 0 aliphatic carbocycles. The molecule has 0 aromatic carbocycles. The number of nitrogens with zero attached hydrogens (tertiary/aromatic N) is 1. The number of pyridine rings is 1. The number of alkyl carbamates (subject to hydrolysis) is 1. The summed E-state index contributed by atoms with van der Waals surface area (Å²) in [5.41, 5.74) is 1.23. The first-order valence-electron chi connectivity index (χ1n) is 9.49. The molecule has 0 radical (unpaired) electrons. The normalized spacial score (nSPS) is 12.6. The Labute approximate surface area is 183 Å². The van der Waals surface area contributed by atoms with Crippen LogP contribution in [-0.2, 0) is 17.7 Å². The zero-order valence-corrected chi connectivity index (χ0v) is 18.8. The number of rotatable bonds is 7. The van der Waals surface area contributed by atoms with Gasteiger partial charge in [-0.3, -0.25) is 4.79 Å². The summed E-state index contributed by atoms with van der Waals surface area (Å²) >= 11 is 7.81. The number of halogens is 1. The molecule has 9 heteroatoms. The Kier molecular flexibility index (Phi) is 6.67. The van der Waals surface area contributed by atoms with Gasteiger partial charge in [-0.15, -0.1) is 11.3 Å². The molecule has 3 aromatic rings. The predicted molar refractivity (Wildman–Crippen MR) is 119 cm³/mol. The molecule has 0 bridgehead atoms. The Morgan fingerprint density at radius 2 is 2.20 bits per heavy atom. The van der Waals surface area contributed by atoms with Crippen LogP contribution in [0.15, 0.2) is 28.0 Å². The molecular weight excluding hydrogens is 426 g/mol. The van der Waals surface area contributed by atoms with Gasteiger partial charge in [0.1, 0.15) is 22.0 Å². The number of anilines is 1. The maximum absolute atomic E-state index is 12.0. The predicted octanol–water partition coefficient (Wildman–Crippen LogP) is 5.42. The van der Waals surface area contributed by atoms with Gasteiger partial charge in [0, 0.05) is 30.0 Å². The van der Waals surface area contributed by atoms with Crippen LogP contribution in [0.25, 0.3) is 11.1 Å². The molecule has 30 heavy (non-hydrogen) atoms. The van der Waals surface area contributed by atoms with Crippen LogP contribution in [-0.4, -0.2) is 29.0 Å². The lowest BCUT2D eigenvalue weighted by molar-refractivity contribution is 0.0507. The van der Waals surface area contributed by atoms with E-state index in [0.717, 1.165) is 4.88 Å². The molecule has 2 N–H and O–H groups in total. The van der Waals surface area contributed by atoms with E-state index in [1.54, 1.807) is 38.2 Å². The number of hydrogen-bond acceptors (Lipinski definition) is 7. The van der Waals surface area contributed by atoms with Crippen molar-refractivity contribution in [1.29, 1.82) is 0 Å². The van der Waals surface area contributed by atoms with E-state index in [1.165, 1.54) is 0 Å². The van der Waals surface area contributed by atoms with Crippen molar-refractivity contribution in [2.45, 2.75) is 52.3 Å². The van der Waals surface area contributed by atoms with E-state index >= 15 is 0 Å². The lowest BCUT2D eigenvalue weighted by Crippen LogP contribution is -2.38. The number of amides is 1. The van der Waals surface area contributed by atoms with Crippen molar-refractivity contribution in [3.63, 3.8) is 0 Å². The molecule has 0 fully saturated rings. The zero-order chi connectivity index (χ0) is 21.9. The van der Waals surface area contributed by atoms with Crippen molar-refractivity contribution in [2.75, 3.05) is 5.32 Å². The number of fused-ring (bicyclic) bond motifs is 1. The average Bonchev–Trinajstić information content (AvgIpc) is 3.25. The standard InChI is InChI=1S/C21H24ClN3O4S/c1-12(24-20(27)29-21(2,3)4)8-16-14(11-26)18-19(28-16)15(9-17(22)25-18)23-10-13-6-5-7-30-13/h5-7,9,11-12H,8,10H2,1-4H3,(H,23,25)(H,24,27)/t12-/m0/s1. The van der Waals surface area contributed by atoms with Crippen molar-refractivity contribution in [3.05, 3.63) is 44.9 Å². The fourth-order valence-corrected chi connectivity index (χ4v) is 3.77. The third-order valence-corrected chi connectivity index (χ3v) is 5.20. The second-order valence-corrected chi connectivity index (χ2v) is 9.33. The van der Waals surface area contributed by atoms with E-state index in [1.807, 2.05) is 24.4 Å². The Bertz CT molecular complexity index is 1040. The Morgan fingerprint density at radius 1 is 1.43 bits per heavy atom. The Balaban J connectivity index is 1.83. The fourth-order valence-electron chi connectivity index (χ4n) is 2.94. The third-order valence-electron chi connectivity index (χ3n) is 4.13. The molecule has 7 nitrogen and oxygen atoms in total. The van der Waals surface area contributed by atoms with Gasteiger partial charge in [-0.1, -0.05) is 17.7 Å². The molecule has 3 rings (SSSR count). The topological polar surface area (TPSA) is 93.5 Å². The first kappa shape index (κ1) is 22.1. The Morgan fingerprint density at radius 3 is 2.83 bits per heavy atom. The van der Waals surface area contributed by atoms with E-state index in [2.05, 4.69) is 15.6 Å². The fraction of sp³-hybridized carbons (Fsp3) is 0.381. The molecule has 3 heterocycles. The lowest BCUT2D eigenvalue weighted by atomic mass is 10.1. The van der Waals surface area contributed by atoms with Gasteiger partial charge >= 0.3 is 6.09 Å². The number of carbonyl (C=O) groups is 2. The molecule has 1 atom stereocenters. The van der Waals surface area contributed by atoms with Gasteiger partial charge < -0.3 is 19.8 Å². The average molecular weight is 450 g/mol. The summed E-state index contributed by atoms with van der Waals surface area (Å²) in [5, 5.41) is 8.30. The van der Waals surface area contributed by atoms with Gasteiger partial charge in [-0.05, 0) is 39.1 Å². The summed E-state index contributed by atoms with van der Waals surface area (Å²) in [6.07, 6.45) is 0.470. The van der Waals surface area contributed by atoms with Crippen LogP contribution >= 0.6 is 22.9 Å². The van der Waals surface area contributed by atoms with Crippen molar-refractivity contribution < 1.29 is 18.7 Å². The first-order valence-corrected chi connectivity index (χ1v) is 10.7. The maximum atomic E-state index is 12.0. The minimum absolute atomic E-state index is 0.256. The van der Waals surface area contributed by atoms with Gasteiger partial charge in [0.25, 0.3) is 0 Å². The van der Waals surface area contributed by atoms with Crippen LogP contribution < -0.4 is 10.6 Å². The summed E-state index contributed by atoms with van der Waals surface area (Å²) in [5.74, 6) is 0.428. The molecule has 3 aromatic heterocycles. The van der Waals surface area contributed by atoms with Crippen molar-refractivity contribution in [3.8, 4) is 0 Å². The van der Waals surface area contributed by atoms with Gasteiger partial charge in [0.2, 0.25) is 0 Å². The number of thiophene rings is 1. The third kappa shape index (κ3) is 5.52. The molecule has 0 saturated heterocycles. The van der Waals surface area contributed by atoms with Crippen LogP contribution in [0.5, 0.6) is 0 Å². The number of aromatic nitrogens is 1. The number of nitrogens with one attached hydrogen (secondary N) is 2. The zero-order valence-electron chi connectivity index (χ0n) is 17.2. The minimum atomic E-state index is -0.596. The largest absolute Gasteiger partial charge is 0.456 e. The Hall–Kier alpha value is -2.58. The van der Waals surface area contributed by atoms with E-state index in [-0.39, 0.29) is 11.2 Å². The highest BCUT2D eigenvalue weighted by Gasteiger charge is 2.23. The summed E-state index contributed by atoms with van der Waals surface area (Å²) in [6.45, 7) is 7.78. The lowest BCUT2D eigenvalue weighted by Gasteiger charge is -2.21. The highest BCUT2D eigenvalue weighted by atomic mass is 35.5. The molecule has 0 aliphatic rings. The van der Waals surface area contributed by atoms with Crippen LogP contribution in [0.4, 0.5) is 10.5 Å². The van der Waals surface area contributed by atoms with Crippen LogP contribution in [0.1, 0.15) is 48.7 Å².